The van der Waals surface area contributed by atoms with E-state index in [0.717, 1.165) is 83.8 Å². The molecule has 77 heavy (non-hydrogen) atoms. The van der Waals surface area contributed by atoms with Gasteiger partial charge in [0.15, 0.2) is 34.9 Å². The summed E-state index contributed by atoms with van der Waals surface area (Å²) in [7, 11) is 0. The molecule has 7 nitrogen and oxygen atoms in total. The molecule has 17 rings (SSSR count). The van der Waals surface area contributed by atoms with E-state index in [-0.39, 0.29) is 5.41 Å². The second kappa shape index (κ2) is 17.4. The quantitative estimate of drug-likeness (QED) is 0.150. The van der Waals surface area contributed by atoms with Crippen molar-refractivity contribution in [2.75, 3.05) is 0 Å². The summed E-state index contributed by atoms with van der Waals surface area (Å²) in [6, 6.07) is 74.2. The predicted molar refractivity (Wildman–Crippen MR) is 307 cm³/mol. The average Bonchev–Trinajstić information content (AvgIpc) is 3.71. The van der Waals surface area contributed by atoms with Gasteiger partial charge in [-0.2, -0.15) is 0 Å². The third kappa shape index (κ3) is 7.03. The molecule has 0 aliphatic heterocycles. The van der Waals surface area contributed by atoms with Crippen molar-refractivity contribution in [2.45, 2.75) is 37.5 Å². The molecule has 12 aromatic rings. The van der Waals surface area contributed by atoms with Crippen LogP contribution in [0.4, 0.5) is 0 Å². The van der Waals surface area contributed by atoms with Crippen LogP contribution >= 0.6 is 0 Å². The minimum Gasteiger partial charge on any atom is -0.455 e. The zero-order valence-corrected chi connectivity index (χ0v) is 42.1. The fourth-order valence-corrected chi connectivity index (χ4v) is 14.5. The van der Waals surface area contributed by atoms with Crippen LogP contribution in [0, 0.1) is 23.7 Å². The molecule has 0 saturated heterocycles. The lowest BCUT2D eigenvalue weighted by atomic mass is 9.43. The number of aromatic nitrogens is 6. The third-order valence-electron chi connectivity index (χ3n) is 17.5. The largest absolute Gasteiger partial charge is 0.455 e. The summed E-state index contributed by atoms with van der Waals surface area (Å²) >= 11 is 0. The summed E-state index contributed by atoms with van der Waals surface area (Å²) in [6.07, 6.45) is 6.38. The standard InChI is InChI=1S/C70H50N6O/c1-5-17-44(18-6-1)64-71-65(45-19-7-2-8-20-45)74-68(73-64)56-26-14-13-25-52(56)48-31-33-54-55-34-32-49(41-60(55)70(59(54)40-48)50-36-42-35-43(38-50)39-51(70)37-42)53-27-16-30-61-62(53)57-28-15-29-58(63(57)77-61)69-75-66(46-21-9-3-10-22-46)72-67(76-69)47-23-11-4-12-24-47/h1-34,40-43,50-51H,35-39H2/i13D. The molecule has 0 N–H and O–H groups in total. The molecule has 7 heteroatoms. The Kier molecular flexibility index (Phi) is 9.75. The van der Waals surface area contributed by atoms with Crippen LogP contribution in [0.15, 0.2) is 223 Å². The maximum Gasteiger partial charge on any atom is 0.167 e. The molecule has 4 fully saturated rings. The Morgan fingerprint density at radius 2 is 0.792 bits per heavy atom. The summed E-state index contributed by atoms with van der Waals surface area (Å²) in [5.41, 5.74) is 16.8. The maximum atomic E-state index is 9.05. The smallest absolute Gasteiger partial charge is 0.167 e. The monoisotopic (exact) mass is 991 g/mol. The zero-order valence-electron chi connectivity index (χ0n) is 43.1. The zero-order chi connectivity index (χ0) is 51.5. The molecule has 4 bridgehead atoms. The number of hydrogen-bond acceptors (Lipinski definition) is 7. The maximum absolute atomic E-state index is 9.05. The highest BCUT2D eigenvalue weighted by Gasteiger charge is 2.61. The van der Waals surface area contributed by atoms with Gasteiger partial charge in [0.05, 0.1) is 6.93 Å². The van der Waals surface area contributed by atoms with E-state index in [1.54, 1.807) is 0 Å². The van der Waals surface area contributed by atoms with Gasteiger partial charge < -0.3 is 4.42 Å². The summed E-state index contributed by atoms with van der Waals surface area (Å²) in [6.45, 7) is 0. The molecular formula is C70H50N6O. The second-order valence-electron chi connectivity index (χ2n) is 21.7. The molecule has 5 aliphatic rings. The Balaban J connectivity index is 0.845. The Morgan fingerprint density at radius 1 is 0.351 bits per heavy atom. The number of hydrogen-bond donors (Lipinski definition) is 0. The van der Waals surface area contributed by atoms with Crippen LogP contribution < -0.4 is 0 Å². The molecule has 0 radical (unpaired) electrons. The molecule has 4 saturated carbocycles. The minimum absolute atomic E-state index is 0.151. The molecule has 0 unspecified atom stereocenters. The molecule has 0 amide bonds. The van der Waals surface area contributed by atoms with E-state index in [4.69, 9.17) is 35.7 Å². The number of nitrogens with zero attached hydrogens (tertiary/aromatic N) is 6. The van der Waals surface area contributed by atoms with E-state index < -0.39 is 0 Å². The fraction of sp³-hybridized carbons (Fsp3) is 0.143. The van der Waals surface area contributed by atoms with Gasteiger partial charge in [0.1, 0.15) is 11.2 Å². The number of para-hydroxylation sites is 1. The van der Waals surface area contributed by atoms with E-state index in [2.05, 4.69) is 72.8 Å². The lowest BCUT2D eigenvalue weighted by Crippen LogP contribution is -2.55. The minimum atomic E-state index is -0.151. The predicted octanol–water partition coefficient (Wildman–Crippen LogP) is 17.0. The van der Waals surface area contributed by atoms with Crippen LogP contribution in [0.2, 0.25) is 0 Å². The molecule has 5 aliphatic carbocycles. The van der Waals surface area contributed by atoms with Gasteiger partial charge in [-0.15, -0.1) is 0 Å². The first-order valence-electron chi connectivity index (χ1n) is 27.6. The van der Waals surface area contributed by atoms with Crippen molar-refractivity contribution < 1.29 is 5.79 Å². The summed E-state index contributed by atoms with van der Waals surface area (Å²) in [5, 5.41) is 2.11. The highest BCUT2D eigenvalue weighted by atomic mass is 16.3. The van der Waals surface area contributed by atoms with Crippen LogP contribution in [-0.2, 0) is 5.41 Å². The van der Waals surface area contributed by atoms with Crippen molar-refractivity contribution in [3.63, 3.8) is 0 Å². The summed E-state index contributed by atoms with van der Waals surface area (Å²) < 4.78 is 16.0. The number of rotatable bonds is 8. The van der Waals surface area contributed by atoms with Crippen molar-refractivity contribution in [3.8, 4) is 102 Å². The first-order chi connectivity index (χ1) is 38.5. The van der Waals surface area contributed by atoms with Crippen molar-refractivity contribution in [3.05, 3.63) is 229 Å². The molecule has 3 heterocycles. The summed E-state index contributed by atoms with van der Waals surface area (Å²) in [4.78, 5) is 30.6. The molecule has 9 aromatic carbocycles. The first kappa shape index (κ1) is 43.1. The lowest BCUT2D eigenvalue weighted by molar-refractivity contribution is -0.0399. The van der Waals surface area contributed by atoms with Gasteiger partial charge in [-0.1, -0.05) is 194 Å². The van der Waals surface area contributed by atoms with Gasteiger partial charge in [0.2, 0.25) is 0 Å². The van der Waals surface area contributed by atoms with Gasteiger partial charge >= 0.3 is 0 Å². The SMILES string of the molecule is [2H]c1ccc(-c2nc(-c3ccccc3)nc(-c3ccccc3)n2)c(-c2ccc3c(c2)C2(c4cc(-c5cccc6oc7c(-c8nc(-c9ccccc9)nc(-c9ccccc9)n8)cccc7c56)ccc4-3)C3CC4CC(C3)CC2C4)c1. The highest BCUT2D eigenvalue weighted by molar-refractivity contribution is 6.15. The van der Waals surface area contributed by atoms with Crippen LogP contribution in [0.1, 0.15) is 44.6 Å². The Hall–Kier alpha value is -9.20. The van der Waals surface area contributed by atoms with Gasteiger partial charge in [-0.05, 0) is 125 Å². The Bertz CT molecular complexity index is 4210. The number of furan rings is 1. The second-order valence-corrected chi connectivity index (χ2v) is 21.7. The topological polar surface area (TPSA) is 90.5 Å². The van der Waals surface area contributed by atoms with E-state index in [1.165, 1.54) is 59.9 Å². The van der Waals surface area contributed by atoms with E-state index >= 15 is 0 Å². The highest BCUT2D eigenvalue weighted by Crippen LogP contribution is 2.70. The molecular weight excluding hydrogens is 941 g/mol. The lowest BCUT2D eigenvalue weighted by Gasteiger charge is -2.61. The fourth-order valence-electron chi connectivity index (χ4n) is 14.5. The Morgan fingerprint density at radius 3 is 1.31 bits per heavy atom. The summed E-state index contributed by atoms with van der Waals surface area (Å²) in [5.74, 6) is 6.23. The van der Waals surface area contributed by atoms with Gasteiger partial charge in [-0.25, -0.2) is 29.9 Å². The van der Waals surface area contributed by atoms with Gasteiger partial charge in [0.25, 0.3) is 0 Å². The van der Waals surface area contributed by atoms with Crippen LogP contribution in [0.25, 0.3) is 124 Å². The van der Waals surface area contributed by atoms with Crippen molar-refractivity contribution >= 4 is 21.9 Å². The molecule has 0 atom stereocenters. The van der Waals surface area contributed by atoms with Crippen molar-refractivity contribution in [2.24, 2.45) is 23.7 Å². The van der Waals surface area contributed by atoms with E-state index in [1.807, 2.05) is 140 Å². The molecule has 366 valence electrons. The van der Waals surface area contributed by atoms with E-state index in [9.17, 15) is 0 Å². The van der Waals surface area contributed by atoms with Gasteiger partial charge in [-0.3, -0.25) is 0 Å². The number of benzene rings is 9. The normalized spacial score (nSPS) is 19.9. The first-order valence-corrected chi connectivity index (χ1v) is 27.1. The van der Waals surface area contributed by atoms with Crippen LogP contribution in [0.3, 0.4) is 0 Å². The van der Waals surface area contributed by atoms with Gasteiger partial charge in [0, 0.05) is 44.0 Å². The van der Waals surface area contributed by atoms with Crippen molar-refractivity contribution in [1.82, 2.24) is 29.9 Å². The molecule has 3 aromatic heterocycles. The third-order valence-corrected chi connectivity index (χ3v) is 17.5. The molecule has 1 spiro atoms. The average molecular weight is 992 g/mol. The van der Waals surface area contributed by atoms with Crippen LogP contribution in [-0.4, -0.2) is 29.9 Å². The Labute approximate surface area is 447 Å². The van der Waals surface area contributed by atoms with E-state index in [0.29, 0.717) is 52.8 Å². The van der Waals surface area contributed by atoms with Crippen molar-refractivity contribution in [1.29, 1.82) is 0 Å². The van der Waals surface area contributed by atoms with Crippen LogP contribution in [0.5, 0.6) is 0 Å². The number of fused-ring (bicyclic) bond motifs is 6.